The molecule has 0 saturated heterocycles. The highest BCUT2D eigenvalue weighted by atomic mass is 16.5. The lowest BCUT2D eigenvalue weighted by Gasteiger charge is -2.38. The molecule has 0 saturated carbocycles. The highest BCUT2D eigenvalue weighted by Crippen LogP contribution is 2.56. The maximum Gasteiger partial charge on any atom is 0.182 e. The number of Topliss-reactive ketones (excluding diaryl/α,β-unsaturated/α-hetero) is 1. The van der Waals surface area contributed by atoms with Gasteiger partial charge in [-0.1, -0.05) is 12.1 Å². The Morgan fingerprint density at radius 1 is 0.580 bits per heavy atom. The molecule has 0 aliphatic carbocycles. The summed E-state index contributed by atoms with van der Waals surface area (Å²) in [5, 5.41) is 11.5. The molecule has 4 aromatic carbocycles. The van der Waals surface area contributed by atoms with Crippen molar-refractivity contribution in [3.63, 3.8) is 0 Å². The predicted octanol–water partition coefficient (Wildman–Crippen LogP) is 5.89. The molecule has 12 heteroatoms. The van der Waals surface area contributed by atoms with E-state index in [0.717, 1.165) is 0 Å². The van der Waals surface area contributed by atoms with Crippen molar-refractivity contribution in [1.29, 1.82) is 0 Å². The van der Waals surface area contributed by atoms with Crippen LogP contribution < -0.4 is 47.4 Å². The molecular weight excluding hydrogens is 648 g/mol. The van der Waals surface area contributed by atoms with Gasteiger partial charge in [0.05, 0.1) is 74.5 Å². The summed E-state index contributed by atoms with van der Waals surface area (Å²) in [5.41, 5.74) is 2.46. The number of fused-ring (bicyclic) bond motifs is 2. The molecule has 12 nitrogen and oxygen atoms in total. The second kappa shape index (κ2) is 14.2. The van der Waals surface area contributed by atoms with Crippen molar-refractivity contribution in [3.8, 4) is 57.5 Å². The first-order valence-corrected chi connectivity index (χ1v) is 15.8. The van der Waals surface area contributed by atoms with Gasteiger partial charge in [-0.2, -0.15) is 0 Å². The Morgan fingerprint density at radius 3 is 1.68 bits per heavy atom. The summed E-state index contributed by atoms with van der Waals surface area (Å²) in [4.78, 5) is 15.1. The van der Waals surface area contributed by atoms with E-state index in [4.69, 9.17) is 47.4 Å². The van der Waals surface area contributed by atoms with Crippen molar-refractivity contribution in [1.82, 2.24) is 0 Å². The molecule has 0 spiro atoms. The number of aliphatic hydroxyl groups excluding tert-OH is 1. The molecule has 0 aromatic heterocycles. The first-order valence-electron chi connectivity index (χ1n) is 15.8. The van der Waals surface area contributed by atoms with E-state index in [-0.39, 0.29) is 29.3 Å². The first kappa shape index (κ1) is 34.4. The zero-order chi connectivity index (χ0) is 35.7. The van der Waals surface area contributed by atoms with Crippen molar-refractivity contribution >= 4 is 5.78 Å². The van der Waals surface area contributed by atoms with Gasteiger partial charge in [0.15, 0.2) is 28.8 Å². The molecule has 2 aliphatic heterocycles. The van der Waals surface area contributed by atoms with Gasteiger partial charge in [-0.15, -0.1) is 0 Å². The Morgan fingerprint density at radius 2 is 1.14 bits per heavy atom. The molecule has 2 heterocycles. The minimum Gasteiger partial charge on any atom is -0.496 e. The van der Waals surface area contributed by atoms with Gasteiger partial charge < -0.3 is 52.5 Å². The predicted molar refractivity (Wildman–Crippen MR) is 182 cm³/mol. The number of ether oxygens (including phenoxy) is 10. The average molecular weight is 689 g/mol. The largest absolute Gasteiger partial charge is 0.496 e. The number of benzene rings is 4. The molecule has 0 unspecified atom stereocenters. The van der Waals surface area contributed by atoms with Crippen LogP contribution >= 0.6 is 0 Å². The summed E-state index contributed by atoms with van der Waals surface area (Å²) < 4.78 is 58.6. The number of carbonyl (C=O) groups excluding carboxylic acids is 1. The third-order valence-corrected chi connectivity index (χ3v) is 9.16. The topological polar surface area (TPSA) is 130 Å². The molecular formula is C38H40O12. The molecule has 2 aliphatic rings. The van der Waals surface area contributed by atoms with Gasteiger partial charge in [-0.25, -0.2) is 0 Å². The van der Waals surface area contributed by atoms with Gasteiger partial charge >= 0.3 is 0 Å². The average Bonchev–Trinajstić information content (AvgIpc) is 3.15. The zero-order valence-corrected chi connectivity index (χ0v) is 29.2. The van der Waals surface area contributed by atoms with Crippen molar-refractivity contribution < 1.29 is 57.3 Å². The molecule has 0 bridgehead atoms. The van der Waals surface area contributed by atoms with E-state index in [0.29, 0.717) is 68.2 Å². The smallest absolute Gasteiger partial charge is 0.182 e. The van der Waals surface area contributed by atoms with Crippen LogP contribution in [0.2, 0.25) is 0 Å². The quantitative estimate of drug-likeness (QED) is 0.202. The lowest BCUT2D eigenvalue weighted by molar-refractivity contribution is 0.0178. The van der Waals surface area contributed by atoms with Crippen molar-refractivity contribution in [2.45, 2.75) is 30.7 Å². The lowest BCUT2D eigenvalue weighted by atomic mass is 9.78. The summed E-state index contributed by atoms with van der Waals surface area (Å²) >= 11 is 0. The maximum atomic E-state index is 15.1. The molecule has 0 fully saturated rings. The summed E-state index contributed by atoms with van der Waals surface area (Å²) in [5.74, 6) is 2.69. The molecule has 50 heavy (non-hydrogen) atoms. The first-order chi connectivity index (χ1) is 24.2. The van der Waals surface area contributed by atoms with Gasteiger partial charge in [-0.05, 0) is 35.4 Å². The van der Waals surface area contributed by atoms with E-state index in [1.54, 1.807) is 62.8 Å². The summed E-state index contributed by atoms with van der Waals surface area (Å²) in [6.07, 6.45) is -2.62. The van der Waals surface area contributed by atoms with Gasteiger partial charge in [0, 0.05) is 30.2 Å². The van der Waals surface area contributed by atoms with Gasteiger partial charge in [0.1, 0.15) is 52.3 Å². The van der Waals surface area contributed by atoms with Crippen molar-refractivity contribution in [2.75, 3.05) is 56.9 Å². The van der Waals surface area contributed by atoms with Crippen LogP contribution in [0, 0.1) is 0 Å². The third-order valence-electron chi connectivity index (χ3n) is 9.16. The van der Waals surface area contributed by atoms with Crippen LogP contribution in [0.15, 0.2) is 54.6 Å². The Bertz CT molecular complexity index is 1900. The van der Waals surface area contributed by atoms with Crippen LogP contribution in [0.5, 0.6) is 57.5 Å². The number of ketones is 1. The molecule has 6 rings (SSSR count). The fourth-order valence-corrected chi connectivity index (χ4v) is 6.74. The Kier molecular flexibility index (Phi) is 9.74. The Balaban J connectivity index is 1.61. The summed E-state index contributed by atoms with van der Waals surface area (Å²) in [7, 11) is 12.2. The molecule has 4 aromatic rings. The third kappa shape index (κ3) is 5.79. The van der Waals surface area contributed by atoms with Crippen LogP contribution in [0.1, 0.15) is 50.7 Å². The van der Waals surface area contributed by atoms with E-state index < -0.39 is 24.2 Å². The van der Waals surface area contributed by atoms with E-state index in [9.17, 15) is 5.11 Å². The monoisotopic (exact) mass is 688 g/mol. The second-order valence-corrected chi connectivity index (χ2v) is 11.6. The fourth-order valence-electron chi connectivity index (χ4n) is 6.74. The number of carbonyl (C=O) groups is 1. The zero-order valence-electron chi connectivity index (χ0n) is 29.2. The van der Waals surface area contributed by atoms with Crippen LogP contribution in [0.3, 0.4) is 0 Å². The number of hydrogen-bond acceptors (Lipinski definition) is 12. The number of rotatable bonds is 11. The number of methoxy groups -OCH3 is 8. The van der Waals surface area contributed by atoms with Crippen LogP contribution in [-0.4, -0.2) is 73.9 Å². The van der Waals surface area contributed by atoms with Gasteiger partial charge in [-0.3, -0.25) is 4.79 Å². The Labute approximate surface area is 290 Å². The standard InChI is InChI=1S/C38H40O12/c1-41-21-15-29(47-7)32-31(16-21)49-37(20-10-12-25(43-3)28(14-20)46-6)34(35(32)40)33-30(48-8)18-26(44-4)22-17-23(39)36(50-38(22)33)19-9-11-24(42-2)27(13-19)45-5/h9-16,18,23,34,36-37,39H,17H2,1-8H3/t23-,34+,36+,37+/m0/s1. The maximum absolute atomic E-state index is 15.1. The molecule has 0 radical (unpaired) electrons. The van der Waals surface area contributed by atoms with Gasteiger partial charge in [0.25, 0.3) is 0 Å². The second-order valence-electron chi connectivity index (χ2n) is 11.6. The van der Waals surface area contributed by atoms with Crippen molar-refractivity contribution in [2.24, 2.45) is 0 Å². The van der Waals surface area contributed by atoms with Crippen molar-refractivity contribution in [3.05, 3.63) is 82.4 Å². The van der Waals surface area contributed by atoms with Crippen LogP contribution in [0.4, 0.5) is 0 Å². The highest BCUT2D eigenvalue weighted by molar-refractivity contribution is 6.08. The SMILES string of the molecule is COc1cc(OC)c2c(c1)O[C@H](c1ccc(OC)c(OC)c1)[C@H](c1c(OC)cc(OC)c3c1O[C@H](c1ccc(OC)c(OC)c1)[C@@H](O)C3)C2=O. The van der Waals surface area contributed by atoms with Crippen LogP contribution in [-0.2, 0) is 6.42 Å². The normalized spacial score (nSPS) is 19.2. The molecule has 264 valence electrons. The molecule has 0 amide bonds. The van der Waals surface area contributed by atoms with E-state index >= 15 is 4.79 Å². The van der Waals surface area contributed by atoms with E-state index in [2.05, 4.69) is 0 Å². The number of hydrogen-bond donors (Lipinski definition) is 1. The van der Waals surface area contributed by atoms with E-state index in [1.165, 1.54) is 42.7 Å². The van der Waals surface area contributed by atoms with Gasteiger partial charge in [0.2, 0.25) is 0 Å². The number of aliphatic hydroxyl groups is 1. The van der Waals surface area contributed by atoms with Crippen LogP contribution in [0.25, 0.3) is 0 Å². The summed E-state index contributed by atoms with van der Waals surface area (Å²) in [6, 6.07) is 15.6. The summed E-state index contributed by atoms with van der Waals surface area (Å²) in [6.45, 7) is 0. The van der Waals surface area contributed by atoms with E-state index in [1.807, 2.05) is 6.07 Å². The fraction of sp³-hybridized carbons (Fsp3) is 0.342. The molecule has 1 N–H and O–H groups in total. The lowest BCUT2D eigenvalue weighted by Crippen LogP contribution is -2.34. The minimum absolute atomic E-state index is 0.147. The minimum atomic E-state index is -1.04. The molecule has 4 atom stereocenters. The highest BCUT2D eigenvalue weighted by Gasteiger charge is 2.47. The Hall–Kier alpha value is -5.49.